The molecular weight excluding hydrogens is 448 g/mol. The maximum Gasteiger partial charge on any atom is 0.257 e. The topological polar surface area (TPSA) is 109 Å². The lowest BCUT2D eigenvalue weighted by Gasteiger charge is -2.11. The summed E-state index contributed by atoms with van der Waals surface area (Å²) in [4.78, 5) is 29.9. The van der Waals surface area contributed by atoms with Gasteiger partial charge in [0, 0.05) is 29.3 Å². The monoisotopic (exact) mass is 468 g/mol. The number of carbonyl (C=O) groups excluding carboxylic acids is 2. The molecule has 3 aromatic carbocycles. The Labute approximate surface area is 201 Å². The first kappa shape index (κ1) is 22.9. The summed E-state index contributed by atoms with van der Waals surface area (Å²) >= 11 is 5.84. The van der Waals surface area contributed by atoms with E-state index in [0.29, 0.717) is 33.1 Å². The fourth-order valence-corrected chi connectivity index (χ4v) is 3.72. The van der Waals surface area contributed by atoms with Crippen molar-refractivity contribution in [1.82, 2.24) is 4.98 Å². The standard InChI is InChI=1S/C27H21ClN4O2/c28-20-13-14-25(31-16-20)32-27(34)22-7-2-1-5-19(22)15-24(33)18-11-9-17(10-12-18)21-6-3-4-8-23(21)26(29)30/h1-14,16H,15H2,(H3,29,30)(H,31,32,34). The van der Waals surface area contributed by atoms with Crippen LogP contribution in [-0.4, -0.2) is 22.5 Å². The first-order chi connectivity index (χ1) is 16.4. The van der Waals surface area contributed by atoms with Gasteiger partial charge in [-0.15, -0.1) is 0 Å². The summed E-state index contributed by atoms with van der Waals surface area (Å²) in [7, 11) is 0. The highest BCUT2D eigenvalue weighted by Gasteiger charge is 2.16. The molecule has 1 amide bonds. The zero-order valence-electron chi connectivity index (χ0n) is 18.1. The Kier molecular flexibility index (Phi) is 6.80. The number of amides is 1. The van der Waals surface area contributed by atoms with Gasteiger partial charge in [0.1, 0.15) is 11.7 Å². The van der Waals surface area contributed by atoms with Crippen LogP contribution in [0.15, 0.2) is 91.1 Å². The molecule has 4 N–H and O–H groups in total. The SMILES string of the molecule is N=C(N)c1ccccc1-c1ccc(C(=O)Cc2ccccc2C(=O)Nc2ccc(Cl)cn2)cc1. The third-order valence-corrected chi connectivity index (χ3v) is 5.54. The van der Waals surface area contributed by atoms with Crippen molar-refractivity contribution in [3.05, 3.63) is 118 Å². The number of ketones is 1. The van der Waals surface area contributed by atoms with Crippen LogP contribution in [0.3, 0.4) is 0 Å². The molecule has 168 valence electrons. The molecular formula is C27H21ClN4O2. The number of nitrogens with zero attached hydrogens (tertiary/aromatic N) is 1. The molecule has 0 saturated carbocycles. The highest BCUT2D eigenvalue weighted by molar-refractivity contribution is 6.30. The summed E-state index contributed by atoms with van der Waals surface area (Å²) in [6.07, 6.45) is 1.52. The number of hydrogen-bond donors (Lipinski definition) is 3. The molecule has 0 radical (unpaired) electrons. The molecule has 0 atom stereocenters. The average Bonchev–Trinajstić information content (AvgIpc) is 2.85. The Morgan fingerprint density at radius 3 is 2.24 bits per heavy atom. The minimum absolute atomic E-state index is 0.0144. The van der Waals surface area contributed by atoms with E-state index >= 15 is 0 Å². The quantitative estimate of drug-likeness (QED) is 0.192. The second kappa shape index (κ2) is 10.1. The second-order valence-electron chi connectivity index (χ2n) is 7.61. The van der Waals surface area contributed by atoms with Gasteiger partial charge in [-0.05, 0) is 34.9 Å². The van der Waals surface area contributed by atoms with Crippen LogP contribution < -0.4 is 11.1 Å². The number of rotatable bonds is 7. The van der Waals surface area contributed by atoms with Crippen LogP contribution in [0.2, 0.25) is 5.02 Å². The molecule has 1 aromatic heterocycles. The number of Topliss-reactive ketones (excluding diaryl/α,β-unsaturated/α-hetero) is 1. The Balaban J connectivity index is 1.52. The number of nitrogens with two attached hydrogens (primary N) is 1. The van der Waals surface area contributed by atoms with Gasteiger partial charge in [-0.2, -0.15) is 0 Å². The van der Waals surface area contributed by atoms with E-state index in [4.69, 9.17) is 22.7 Å². The van der Waals surface area contributed by atoms with E-state index < -0.39 is 0 Å². The smallest absolute Gasteiger partial charge is 0.257 e. The third kappa shape index (κ3) is 5.19. The zero-order valence-corrected chi connectivity index (χ0v) is 18.8. The van der Waals surface area contributed by atoms with Crippen LogP contribution in [0.5, 0.6) is 0 Å². The predicted octanol–water partition coefficient (Wildman–Crippen LogP) is 5.36. The minimum atomic E-state index is -0.352. The van der Waals surface area contributed by atoms with Crippen molar-refractivity contribution < 1.29 is 9.59 Å². The lowest BCUT2D eigenvalue weighted by Crippen LogP contribution is -2.16. The number of hydrogen-bond acceptors (Lipinski definition) is 4. The maximum atomic E-state index is 13.0. The molecule has 0 saturated heterocycles. The number of nitrogen functional groups attached to an aromatic ring is 1. The molecule has 0 aliphatic heterocycles. The molecule has 4 aromatic rings. The Bertz CT molecular complexity index is 1370. The minimum Gasteiger partial charge on any atom is -0.384 e. The first-order valence-electron chi connectivity index (χ1n) is 10.5. The Morgan fingerprint density at radius 2 is 1.56 bits per heavy atom. The van der Waals surface area contributed by atoms with Crippen LogP contribution in [0.1, 0.15) is 31.8 Å². The lowest BCUT2D eigenvalue weighted by molar-refractivity contribution is 0.0992. The van der Waals surface area contributed by atoms with E-state index in [9.17, 15) is 9.59 Å². The van der Waals surface area contributed by atoms with Crippen molar-refractivity contribution in [2.45, 2.75) is 6.42 Å². The van der Waals surface area contributed by atoms with Gasteiger partial charge >= 0.3 is 0 Å². The van der Waals surface area contributed by atoms with E-state index in [2.05, 4.69) is 10.3 Å². The fraction of sp³-hybridized carbons (Fsp3) is 0.0370. The number of benzene rings is 3. The van der Waals surface area contributed by atoms with E-state index in [1.165, 1.54) is 6.20 Å². The van der Waals surface area contributed by atoms with Crippen LogP contribution in [-0.2, 0) is 6.42 Å². The molecule has 1 heterocycles. The van der Waals surface area contributed by atoms with Crippen LogP contribution in [0, 0.1) is 5.41 Å². The van der Waals surface area contributed by atoms with Gasteiger partial charge in [0.05, 0.1) is 5.02 Å². The number of pyridine rings is 1. The fourth-order valence-electron chi connectivity index (χ4n) is 3.61. The predicted molar refractivity (Wildman–Crippen MR) is 135 cm³/mol. The molecule has 0 fully saturated rings. The third-order valence-electron chi connectivity index (χ3n) is 5.32. The molecule has 7 heteroatoms. The van der Waals surface area contributed by atoms with Gasteiger partial charge in [0.15, 0.2) is 5.78 Å². The van der Waals surface area contributed by atoms with Gasteiger partial charge in [-0.25, -0.2) is 4.98 Å². The highest BCUT2D eigenvalue weighted by Crippen LogP contribution is 2.24. The summed E-state index contributed by atoms with van der Waals surface area (Å²) in [5, 5.41) is 11.0. The number of halogens is 1. The molecule has 0 unspecified atom stereocenters. The van der Waals surface area contributed by atoms with Gasteiger partial charge in [0.25, 0.3) is 5.91 Å². The number of carbonyl (C=O) groups is 2. The number of nitrogens with one attached hydrogen (secondary N) is 2. The molecule has 6 nitrogen and oxygen atoms in total. The van der Waals surface area contributed by atoms with Crippen LogP contribution in [0.4, 0.5) is 5.82 Å². The molecule has 0 bridgehead atoms. The van der Waals surface area contributed by atoms with Crippen molar-refractivity contribution in [2.24, 2.45) is 5.73 Å². The number of amidine groups is 1. The average molecular weight is 469 g/mol. The van der Waals surface area contributed by atoms with Crippen molar-refractivity contribution in [2.75, 3.05) is 5.32 Å². The largest absolute Gasteiger partial charge is 0.384 e. The number of aromatic nitrogens is 1. The molecule has 4 rings (SSSR count). The maximum absolute atomic E-state index is 13.0. The Morgan fingerprint density at radius 1 is 0.882 bits per heavy atom. The zero-order chi connectivity index (χ0) is 24.1. The van der Waals surface area contributed by atoms with Gasteiger partial charge in [0.2, 0.25) is 0 Å². The molecule has 0 aliphatic rings. The summed E-state index contributed by atoms with van der Waals surface area (Å²) in [5.74, 6) is -0.109. The van der Waals surface area contributed by atoms with Gasteiger partial charge in [-0.3, -0.25) is 15.0 Å². The molecule has 0 aliphatic carbocycles. The molecule has 0 spiro atoms. The van der Waals surface area contributed by atoms with E-state index in [0.717, 1.165) is 11.1 Å². The molecule has 34 heavy (non-hydrogen) atoms. The number of anilines is 1. The van der Waals surface area contributed by atoms with E-state index in [1.807, 2.05) is 30.3 Å². The lowest BCUT2D eigenvalue weighted by atomic mass is 9.95. The second-order valence-corrected chi connectivity index (χ2v) is 8.05. The summed E-state index contributed by atoms with van der Waals surface area (Å²) in [5.41, 5.74) is 9.56. The summed E-state index contributed by atoms with van der Waals surface area (Å²) in [6.45, 7) is 0. The van der Waals surface area contributed by atoms with Crippen molar-refractivity contribution in [1.29, 1.82) is 5.41 Å². The van der Waals surface area contributed by atoms with Crippen molar-refractivity contribution in [3.63, 3.8) is 0 Å². The normalized spacial score (nSPS) is 10.5. The van der Waals surface area contributed by atoms with E-state index in [1.54, 1.807) is 54.6 Å². The summed E-state index contributed by atoms with van der Waals surface area (Å²) in [6, 6.07) is 24.8. The first-order valence-corrected chi connectivity index (χ1v) is 10.9. The van der Waals surface area contributed by atoms with Crippen molar-refractivity contribution in [3.8, 4) is 11.1 Å². The highest BCUT2D eigenvalue weighted by atomic mass is 35.5. The van der Waals surface area contributed by atoms with Crippen LogP contribution in [0.25, 0.3) is 11.1 Å². The van der Waals surface area contributed by atoms with Gasteiger partial charge < -0.3 is 11.1 Å². The van der Waals surface area contributed by atoms with Crippen LogP contribution >= 0.6 is 11.6 Å². The van der Waals surface area contributed by atoms with E-state index in [-0.39, 0.29) is 23.9 Å². The summed E-state index contributed by atoms with van der Waals surface area (Å²) < 4.78 is 0. The van der Waals surface area contributed by atoms with Gasteiger partial charge in [-0.1, -0.05) is 78.3 Å². The van der Waals surface area contributed by atoms with Crippen molar-refractivity contribution >= 4 is 34.9 Å². The Hall–Kier alpha value is -4.29.